The molecule has 0 radical (unpaired) electrons. The van der Waals surface area contributed by atoms with E-state index >= 15 is 0 Å². The molecule has 1 aromatic heterocycles. The molecule has 1 aliphatic heterocycles. The highest BCUT2D eigenvalue weighted by molar-refractivity contribution is 6.27. The summed E-state index contributed by atoms with van der Waals surface area (Å²) in [6, 6.07) is 2.51. The second-order valence-corrected chi connectivity index (χ2v) is 4.02. The fourth-order valence-corrected chi connectivity index (χ4v) is 1.89. The molecule has 2 rings (SSSR count). The first kappa shape index (κ1) is 12.2. The molecule has 6 nitrogen and oxygen atoms in total. The number of carbonyl (C=O) groups is 3. The number of carbonyl (C=O) groups excluding carboxylic acids is 3. The van der Waals surface area contributed by atoms with E-state index in [0.29, 0.717) is 18.5 Å². The van der Waals surface area contributed by atoms with E-state index in [1.807, 2.05) is 6.92 Å². The topological polar surface area (TPSA) is 79.4 Å². The van der Waals surface area contributed by atoms with Gasteiger partial charge in [-0.05, 0) is 18.6 Å². The number of rotatable bonds is 3. The molecule has 1 aliphatic rings. The smallest absolute Gasteiger partial charge is 0.277 e. The molecule has 0 spiro atoms. The highest BCUT2D eigenvalue weighted by Gasteiger charge is 2.40. The van der Waals surface area contributed by atoms with Gasteiger partial charge in [0.15, 0.2) is 0 Å². The average molecular weight is 247 g/mol. The Labute approximate surface area is 104 Å². The summed E-state index contributed by atoms with van der Waals surface area (Å²) in [6.07, 6.45) is 4.08. The van der Waals surface area contributed by atoms with Crippen molar-refractivity contribution >= 4 is 23.5 Å². The second-order valence-electron chi connectivity index (χ2n) is 4.02. The minimum atomic E-state index is -0.798. The van der Waals surface area contributed by atoms with E-state index in [4.69, 9.17) is 0 Å². The predicted molar refractivity (Wildman–Crippen MR) is 63.7 cm³/mol. The second kappa shape index (κ2) is 4.95. The molecule has 1 saturated heterocycles. The van der Waals surface area contributed by atoms with Crippen LogP contribution in [0.15, 0.2) is 24.5 Å². The maximum absolute atomic E-state index is 12.2. The summed E-state index contributed by atoms with van der Waals surface area (Å²) in [7, 11) is 0. The van der Waals surface area contributed by atoms with Crippen LogP contribution in [0.25, 0.3) is 0 Å². The molecule has 1 N–H and O–H groups in total. The average Bonchev–Trinajstić information content (AvgIpc) is 2.35. The highest BCUT2D eigenvalue weighted by Crippen LogP contribution is 2.21. The summed E-state index contributed by atoms with van der Waals surface area (Å²) in [5.74, 6) is -1.81. The van der Waals surface area contributed by atoms with E-state index in [1.165, 1.54) is 6.20 Å². The van der Waals surface area contributed by atoms with Crippen molar-refractivity contribution in [3.8, 4) is 0 Å². The molecule has 94 valence electrons. The van der Waals surface area contributed by atoms with Crippen molar-refractivity contribution in [1.29, 1.82) is 0 Å². The van der Waals surface area contributed by atoms with Crippen LogP contribution in [-0.2, 0) is 9.59 Å². The zero-order valence-electron chi connectivity index (χ0n) is 9.92. The minimum Gasteiger partial charge on any atom is -0.277 e. The van der Waals surface area contributed by atoms with Crippen molar-refractivity contribution in [3.05, 3.63) is 24.5 Å². The molecule has 1 unspecified atom stereocenters. The van der Waals surface area contributed by atoms with Crippen molar-refractivity contribution in [2.75, 3.05) is 4.90 Å². The van der Waals surface area contributed by atoms with E-state index in [0.717, 1.165) is 4.90 Å². The normalized spacial score (nSPS) is 19.9. The number of hydrogen-bond donors (Lipinski definition) is 1. The molecular formula is C12H13N3O3. The Balaban J connectivity index is 2.32. The van der Waals surface area contributed by atoms with Crippen molar-refractivity contribution in [2.45, 2.75) is 19.8 Å². The van der Waals surface area contributed by atoms with Gasteiger partial charge in [0, 0.05) is 6.20 Å². The summed E-state index contributed by atoms with van der Waals surface area (Å²) in [5, 5.41) is 2.19. The molecule has 0 saturated carbocycles. The molecule has 0 bridgehead atoms. The summed E-state index contributed by atoms with van der Waals surface area (Å²) >= 11 is 0. The van der Waals surface area contributed by atoms with E-state index in [2.05, 4.69) is 10.3 Å². The predicted octanol–water partition coefficient (Wildman–Crippen LogP) is 1.08. The molecule has 0 aliphatic carbocycles. The van der Waals surface area contributed by atoms with Crippen LogP contribution >= 0.6 is 0 Å². The monoisotopic (exact) mass is 247 g/mol. The number of barbiturate groups is 1. The van der Waals surface area contributed by atoms with Gasteiger partial charge in [0.05, 0.1) is 11.9 Å². The third-order valence-corrected chi connectivity index (χ3v) is 2.75. The summed E-state index contributed by atoms with van der Waals surface area (Å²) < 4.78 is 0. The number of anilines is 1. The molecule has 0 aromatic carbocycles. The van der Waals surface area contributed by atoms with Crippen LogP contribution in [0, 0.1) is 5.92 Å². The first-order valence-corrected chi connectivity index (χ1v) is 5.74. The number of pyridine rings is 1. The van der Waals surface area contributed by atoms with Crippen LogP contribution in [0.3, 0.4) is 0 Å². The van der Waals surface area contributed by atoms with Crippen molar-refractivity contribution < 1.29 is 14.4 Å². The lowest BCUT2D eigenvalue weighted by Crippen LogP contribution is -2.58. The molecule has 1 fully saturated rings. The maximum Gasteiger partial charge on any atom is 0.335 e. The molecule has 18 heavy (non-hydrogen) atoms. The third-order valence-electron chi connectivity index (χ3n) is 2.75. The van der Waals surface area contributed by atoms with Crippen molar-refractivity contribution in [2.24, 2.45) is 5.92 Å². The Bertz CT molecular complexity index is 487. The van der Waals surface area contributed by atoms with E-state index < -0.39 is 23.8 Å². The molecule has 6 heteroatoms. The minimum absolute atomic E-state index is 0.369. The van der Waals surface area contributed by atoms with E-state index in [1.54, 1.807) is 18.3 Å². The standard InChI is InChI=1S/C12H13N3O3/c1-2-4-9-10(16)14-12(18)15(11(9)17)8-5-3-6-13-7-8/h3,5-7,9H,2,4H2,1H3,(H,14,16,18). The van der Waals surface area contributed by atoms with Gasteiger partial charge in [0.1, 0.15) is 5.92 Å². The zero-order chi connectivity index (χ0) is 13.1. The van der Waals surface area contributed by atoms with Gasteiger partial charge in [0.2, 0.25) is 11.8 Å². The lowest BCUT2D eigenvalue weighted by atomic mass is 9.99. The number of aromatic nitrogens is 1. The van der Waals surface area contributed by atoms with Crippen LogP contribution in [0.5, 0.6) is 0 Å². The van der Waals surface area contributed by atoms with Crippen LogP contribution in [0.2, 0.25) is 0 Å². The first-order valence-electron chi connectivity index (χ1n) is 5.74. The Morgan fingerprint density at radius 1 is 1.39 bits per heavy atom. The Morgan fingerprint density at radius 2 is 2.17 bits per heavy atom. The van der Waals surface area contributed by atoms with Crippen molar-refractivity contribution in [1.82, 2.24) is 10.3 Å². The number of hydrogen-bond acceptors (Lipinski definition) is 4. The van der Waals surface area contributed by atoms with Gasteiger partial charge in [-0.1, -0.05) is 13.3 Å². The largest absolute Gasteiger partial charge is 0.335 e. The van der Waals surface area contributed by atoms with Gasteiger partial charge >= 0.3 is 6.03 Å². The zero-order valence-corrected chi connectivity index (χ0v) is 9.92. The molecule has 4 amide bonds. The molecular weight excluding hydrogens is 234 g/mol. The number of imide groups is 2. The number of urea groups is 1. The highest BCUT2D eigenvalue weighted by atomic mass is 16.2. The van der Waals surface area contributed by atoms with Crippen LogP contribution < -0.4 is 10.2 Å². The summed E-state index contributed by atoms with van der Waals surface area (Å²) in [5.41, 5.74) is 0.369. The van der Waals surface area contributed by atoms with E-state index in [9.17, 15) is 14.4 Å². The van der Waals surface area contributed by atoms with Crippen LogP contribution in [-0.4, -0.2) is 22.8 Å². The van der Waals surface area contributed by atoms with Crippen LogP contribution in [0.1, 0.15) is 19.8 Å². The SMILES string of the molecule is CCCC1C(=O)NC(=O)N(c2cccnc2)C1=O. The van der Waals surface area contributed by atoms with Crippen LogP contribution in [0.4, 0.5) is 10.5 Å². The summed E-state index contributed by atoms with van der Waals surface area (Å²) in [6.45, 7) is 1.88. The third kappa shape index (κ3) is 2.09. The van der Waals surface area contributed by atoms with Gasteiger partial charge in [-0.3, -0.25) is 19.9 Å². The fraction of sp³-hybridized carbons (Fsp3) is 0.333. The van der Waals surface area contributed by atoms with Crippen molar-refractivity contribution in [3.63, 3.8) is 0 Å². The lowest BCUT2D eigenvalue weighted by Gasteiger charge is -2.29. The first-order chi connectivity index (χ1) is 8.65. The fourth-order valence-electron chi connectivity index (χ4n) is 1.89. The Kier molecular flexibility index (Phi) is 3.36. The molecule has 1 aromatic rings. The maximum atomic E-state index is 12.2. The van der Waals surface area contributed by atoms with Gasteiger partial charge in [-0.2, -0.15) is 0 Å². The van der Waals surface area contributed by atoms with E-state index in [-0.39, 0.29) is 0 Å². The van der Waals surface area contributed by atoms with Gasteiger partial charge in [-0.15, -0.1) is 0 Å². The van der Waals surface area contributed by atoms with Gasteiger partial charge < -0.3 is 0 Å². The molecule has 2 heterocycles. The Morgan fingerprint density at radius 3 is 2.78 bits per heavy atom. The quantitative estimate of drug-likeness (QED) is 0.810. The van der Waals surface area contributed by atoms with Gasteiger partial charge in [-0.25, -0.2) is 9.69 Å². The number of nitrogens with one attached hydrogen (secondary N) is 1. The number of nitrogens with zero attached hydrogens (tertiary/aromatic N) is 2. The lowest BCUT2D eigenvalue weighted by molar-refractivity contribution is -0.134. The number of amides is 4. The Hall–Kier alpha value is -2.24. The molecule has 1 atom stereocenters. The van der Waals surface area contributed by atoms with Gasteiger partial charge in [0.25, 0.3) is 0 Å². The summed E-state index contributed by atoms with van der Waals surface area (Å²) in [4.78, 5) is 40.3.